The van der Waals surface area contributed by atoms with Gasteiger partial charge in [0.15, 0.2) is 5.82 Å². The van der Waals surface area contributed by atoms with Crippen LogP contribution in [0, 0.1) is 11.3 Å². The van der Waals surface area contributed by atoms with E-state index in [-0.39, 0.29) is 11.5 Å². The highest BCUT2D eigenvalue weighted by molar-refractivity contribution is 5.87. The van der Waals surface area contributed by atoms with Gasteiger partial charge in [-0.1, -0.05) is 18.7 Å². The van der Waals surface area contributed by atoms with Crippen molar-refractivity contribution < 1.29 is 9.53 Å². The number of hydrogen-bond donors (Lipinski definition) is 1. The third-order valence-electron chi connectivity index (χ3n) is 7.35. The van der Waals surface area contributed by atoms with Gasteiger partial charge in [-0.05, 0) is 43.9 Å². The van der Waals surface area contributed by atoms with Crippen molar-refractivity contribution in [2.24, 2.45) is 0 Å². The number of ether oxygens (including phenoxy) is 1. The van der Waals surface area contributed by atoms with Crippen molar-refractivity contribution in [3.8, 4) is 11.8 Å². The van der Waals surface area contributed by atoms with Crippen LogP contribution in [0.3, 0.4) is 0 Å². The van der Waals surface area contributed by atoms with E-state index in [0.29, 0.717) is 32.1 Å². The maximum absolute atomic E-state index is 12.1. The molecule has 1 spiro atoms. The van der Waals surface area contributed by atoms with Gasteiger partial charge in [0.25, 0.3) is 0 Å². The Kier molecular flexibility index (Phi) is 5.94. The van der Waals surface area contributed by atoms with Crippen LogP contribution in [0.4, 0.5) is 11.5 Å². The van der Waals surface area contributed by atoms with E-state index in [1.54, 1.807) is 4.90 Å². The smallest absolute Gasteiger partial charge is 0.246 e. The number of benzene rings is 1. The first-order valence-corrected chi connectivity index (χ1v) is 12.1. The molecule has 1 saturated carbocycles. The molecule has 5 rings (SSSR count). The predicted octanol–water partition coefficient (Wildman–Crippen LogP) is 3.06. The molecule has 8 heteroatoms. The number of nitriles is 1. The van der Waals surface area contributed by atoms with Gasteiger partial charge in [0.1, 0.15) is 11.4 Å². The molecule has 8 nitrogen and oxygen atoms in total. The molecule has 1 unspecified atom stereocenters. The monoisotopic (exact) mass is 460 g/mol. The van der Waals surface area contributed by atoms with E-state index in [1.807, 2.05) is 7.05 Å². The summed E-state index contributed by atoms with van der Waals surface area (Å²) in [4.78, 5) is 18.5. The number of carbonyl (C=O) groups is 1. The van der Waals surface area contributed by atoms with Gasteiger partial charge in [-0.2, -0.15) is 10.4 Å². The van der Waals surface area contributed by atoms with Crippen molar-refractivity contribution in [3.05, 3.63) is 48.2 Å². The van der Waals surface area contributed by atoms with Gasteiger partial charge in [-0.15, -0.1) is 0 Å². The lowest BCUT2D eigenvalue weighted by atomic mass is 9.90. The van der Waals surface area contributed by atoms with Crippen molar-refractivity contribution in [2.45, 2.75) is 50.2 Å². The molecule has 0 radical (unpaired) electrons. The van der Waals surface area contributed by atoms with E-state index in [4.69, 9.17) is 10.00 Å². The van der Waals surface area contributed by atoms with E-state index >= 15 is 0 Å². The molecule has 1 amide bonds. The fraction of sp³-hybridized carbons (Fsp3) is 0.500. The molecule has 1 atom stereocenters. The van der Waals surface area contributed by atoms with Gasteiger partial charge in [-0.25, -0.2) is 0 Å². The molecule has 0 bridgehead atoms. The van der Waals surface area contributed by atoms with Crippen molar-refractivity contribution in [2.75, 3.05) is 43.0 Å². The standard InChI is InChI=1S/C26H32N6O2/c1-3-24(33)31(14-6-13-27)16-15-30(2)25-20-10-9-19(17-21(20)28-29-25)32-18-26(11-12-26)34-23-8-5-4-7-22(23)32/h3-5,7-8,19H,1,6,9-12,14-18H2,2H3,(H,28,29). The minimum Gasteiger partial charge on any atom is -0.483 e. The van der Waals surface area contributed by atoms with Crippen molar-refractivity contribution in [1.29, 1.82) is 5.26 Å². The van der Waals surface area contributed by atoms with Crippen LogP contribution in [0.2, 0.25) is 0 Å². The summed E-state index contributed by atoms with van der Waals surface area (Å²) in [5.74, 6) is 1.83. The highest BCUT2D eigenvalue weighted by Gasteiger charge is 2.51. The minimum atomic E-state index is -0.144. The van der Waals surface area contributed by atoms with E-state index in [0.717, 1.165) is 50.2 Å². The Bertz CT molecular complexity index is 1110. The lowest BCUT2D eigenvalue weighted by molar-refractivity contribution is -0.125. The molecule has 178 valence electrons. The highest BCUT2D eigenvalue weighted by Crippen LogP contribution is 2.49. The zero-order valence-corrected chi connectivity index (χ0v) is 19.8. The maximum atomic E-state index is 12.1. The summed E-state index contributed by atoms with van der Waals surface area (Å²) < 4.78 is 6.33. The molecule has 2 aromatic rings. The summed E-state index contributed by atoms with van der Waals surface area (Å²) in [7, 11) is 2.01. The molecule has 3 aliphatic rings. The second-order valence-electron chi connectivity index (χ2n) is 9.64. The number of H-pyrrole nitrogens is 1. The molecule has 2 aliphatic carbocycles. The van der Waals surface area contributed by atoms with Gasteiger partial charge >= 0.3 is 0 Å². The van der Waals surface area contributed by atoms with Gasteiger partial charge in [0.05, 0.1) is 24.7 Å². The first-order chi connectivity index (χ1) is 16.5. The lowest BCUT2D eigenvalue weighted by Gasteiger charge is -2.42. The third-order valence-corrected chi connectivity index (χ3v) is 7.35. The first kappa shape index (κ1) is 22.3. The van der Waals surface area contributed by atoms with Crippen LogP contribution < -0.4 is 14.5 Å². The zero-order chi connectivity index (χ0) is 23.7. The quantitative estimate of drug-likeness (QED) is 0.609. The summed E-state index contributed by atoms with van der Waals surface area (Å²) in [6.45, 7) is 6.13. The Labute approximate surface area is 200 Å². The highest BCUT2D eigenvalue weighted by atomic mass is 16.5. The number of nitrogens with zero attached hydrogens (tertiary/aromatic N) is 5. The number of aromatic amines is 1. The number of fused-ring (bicyclic) bond motifs is 2. The summed E-state index contributed by atoms with van der Waals surface area (Å²) in [6.07, 6.45) is 6.86. The molecule has 1 N–H and O–H groups in total. The zero-order valence-electron chi connectivity index (χ0n) is 19.8. The van der Waals surface area contributed by atoms with Crippen LogP contribution in [-0.4, -0.2) is 65.9 Å². The summed E-state index contributed by atoms with van der Waals surface area (Å²) in [6, 6.07) is 10.9. The van der Waals surface area contributed by atoms with E-state index in [1.165, 1.54) is 23.0 Å². The molecule has 0 saturated heterocycles. The average molecular weight is 461 g/mol. The van der Waals surface area contributed by atoms with Crippen LogP contribution in [0.1, 0.15) is 36.9 Å². The summed E-state index contributed by atoms with van der Waals surface area (Å²) in [5.41, 5.74) is 3.69. The molecule has 1 fully saturated rings. The SMILES string of the molecule is C=CC(=O)N(CCC#N)CCN(C)c1n[nH]c2c1CCC(N1CC3(CC3)Oc3ccccc31)C2. The van der Waals surface area contributed by atoms with Crippen LogP contribution >= 0.6 is 0 Å². The fourth-order valence-corrected chi connectivity index (χ4v) is 5.24. The van der Waals surface area contributed by atoms with Crippen LogP contribution in [0.15, 0.2) is 36.9 Å². The molecular formula is C26H32N6O2. The Balaban J connectivity index is 1.27. The average Bonchev–Trinajstić information content (AvgIpc) is 3.46. The number of rotatable bonds is 8. The minimum absolute atomic E-state index is 0.00822. The Hall–Kier alpha value is -3.47. The number of carbonyl (C=O) groups excluding carboxylic acids is 1. The second-order valence-corrected chi connectivity index (χ2v) is 9.64. The van der Waals surface area contributed by atoms with Crippen molar-refractivity contribution in [1.82, 2.24) is 15.1 Å². The van der Waals surface area contributed by atoms with Crippen LogP contribution in [-0.2, 0) is 17.6 Å². The number of likely N-dealkylation sites (N-methyl/N-ethyl adjacent to an activating group) is 1. The largest absolute Gasteiger partial charge is 0.483 e. The molecule has 2 heterocycles. The second kappa shape index (κ2) is 9.05. The molecule has 1 aliphatic heterocycles. The molecule has 1 aromatic heterocycles. The third kappa shape index (κ3) is 4.23. The van der Waals surface area contributed by atoms with Gasteiger partial charge in [0.2, 0.25) is 5.91 Å². The summed E-state index contributed by atoms with van der Waals surface area (Å²) >= 11 is 0. The molecule has 1 aromatic carbocycles. The van der Waals surface area contributed by atoms with E-state index in [2.05, 4.69) is 56.9 Å². The van der Waals surface area contributed by atoms with Crippen molar-refractivity contribution >= 4 is 17.4 Å². The Morgan fingerprint density at radius 1 is 1.38 bits per heavy atom. The molecular weight excluding hydrogens is 428 g/mol. The van der Waals surface area contributed by atoms with Gasteiger partial charge in [0, 0.05) is 50.4 Å². The Morgan fingerprint density at radius 3 is 2.97 bits per heavy atom. The first-order valence-electron chi connectivity index (χ1n) is 12.1. The Morgan fingerprint density at radius 2 is 2.21 bits per heavy atom. The van der Waals surface area contributed by atoms with Gasteiger partial charge in [-0.3, -0.25) is 9.89 Å². The number of para-hydroxylation sites is 2. The topological polar surface area (TPSA) is 88.5 Å². The predicted molar refractivity (Wildman–Crippen MR) is 131 cm³/mol. The molecule has 34 heavy (non-hydrogen) atoms. The summed E-state index contributed by atoms with van der Waals surface area (Å²) in [5, 5.41) is 16.8. The fourth-order valence-electron chi connectivity index (χ4n) is 5.24. The van der Waals surface area contributed by atoms with Crippen molar-refractivity contribution in [3.63, 3.8) is 0 Å². The van der Waals surface area contributed by atoms with Gasteiger partial charge < -0.3 is 19.4 Å². The van der Waals surface area contributed by atoms with Crippen LogP contribution in [0.25, 0.3) is 0 Å². The van der Waals surface area contributed by atoms with E-state index in [9.17, 15) is 4.79 Å². The lowest BCUT2D eigenvalue weighted by Crippen LogP contribution is -2.49. The van der Waals surface area contributed by atoms with Crippen LogP contribution in [0.5, 0.6) is 5.75 Å². The number of anilines is 2. The number of aromatic nitrogens is 2. The number of amides is 1. The normalized spacial score (nSPS) is 19.4. The number of nitrogens with one attached hydrogen (secondary N) is 1. The van der Waals surface area contributed by atoms with E-state index < -0.39 is 0 Å². The number of hydrogen-bond acceptors (Lipinski definition) is 6. The maximum Gasteiger partial charge on any atom is 0.246 e.